The van der Waals surface area contributed by atoms with Crippen LogP contribution in [-0.2, 0) is 28.7 Å². The van der Waals surface area contributed by atoms with Gasteiger partial charge < -0.3 is 25.9 Å². The normalized spacial score (nSPS) is 12.0. The average Bonchev–Trinajstić information content (AvgIpc) is 3.24. The molecule has 0 fully saturated rings. The molecular formula is C24H32ClN6O3S+. The Balaban J connectivity index is 0.00000167. The Hall–Kier alpha value is -2.60. The number of methoxy groups -OCH3 is 1. The van der Waals surface area contributed by atoms with Crippen LogP contribution in [0.4, 0.5) is 11.5 Å². The summed E-state index contributed by atoms with van der Waals surface area (Å²) in [6, 6.07) is 13.2. The standard InChI is InChI=1S/C23H27ClN6O2S.CH4O/c1-32-13-10-20-29-21-22(16-6-2-3-7-19(16)28-23(21)26)30(20)12-5-4-11-27-33(31)15-8-9-17(24)18(25)14-15;1-2/h2-3,6-9,14,27H,4-5,10-13,25H2,1H3,(H2,26,28);2H,1H3/p+1. The van der Waals surface area contributed by atoms with E-state index in [0.717, 1.165) is 54.3 Å². The molecule has 2 aromatic carbocycles. The predicted octanol–water partition coefficient (Wildman–Crippen LogP) is 2.58. The van der Waals surface area contributed by atoms with Crippen LogP contribution in [0.15, 0.2) is 47.4 Å². The van der Waals surface area contributed by atoms with Crippen molar-refractivity contribution in [1.29, 1.82) is 0 Å². The minimum Gasteiger partial charge on any atom is -0.400 e. The van der Waals surface area contributed by atoms with E-state index in [1.54, 1.807) is 25.3 Å². The number of hydrogen-bond acceptors (Lipinski definition) is 6. The van der Waals surface area contributed by atoms with Crippen molar-refractivity contribution in [2.75, 3.05) is 33.1 Å². The Morgan fingerprint density at radius 2 is 1.97 bits per heavy atom. The van der Waals surface area contributed by atoms with Crippen molar-refractivity contribution >= 4 is 56.0 Å². The molecule has 188 valence electrons. The highest BCUT2D eigenvalue weighted by molar-refractivity contribution is 7.83. The van der Waals surface area contributed by atoms with Crippen LogP contribution in [0.1, 0.15) is 18.7 Å². The van der Waals surface area contributed by atoms with Crippen LogP contribution >= 0.6 is 11.6 Å². The smallest absolute Gasteiger partial charge is 0.152 e. The number of para-hydroxylation sites is 1. The van der Waals surface area contributed by atoms with Crippen LogP contribution in [-0.4, -0.2) is 51.2 Å². The second-order valence-corrected chi connectivity index (χ2v) is 9.46. The number of nitrogens with two attached hydrogens (primary N) is 1. The van der Waals surface area contributed by atoms with E-state index in [1.807, 2.05) is 18.2 Å². The number of imidazole rings is 1. The topological polar surface area (TPSA) is 143 Å². The lowest BCUT2D eigenvalue weighted by atomic mass is 10.2. The first-order chi connectivity index (χ1) is 17.0. The third-order valence-electron chi connectivity index (χ3n) is 5.49. The molecule has 4 aromatic rings. The molecule has 4 rings (SSSR count). The molecular weight excluding hydrogens is 488 g/mol. The number of halogens is 1. The molecule has 0 aliphatic heterocycles. The Kier molecular flexibility index (Phi) is 9.96. The van der Waals surface area contributed by atoms with Gasteiger partial charge in [-0.3, -0.25) is 0 Å². The summed E-state index contributed by atoms with van der Waals surface area (Å²) in [6.07, 6.45) is 2.41. The van der Waals surface area contributed by atoms with Crippen molar-refractivity contribution in [3.05, 3.63) is 53.3 Å². The lowest BCUT2D eigenvalue weighted by Crippen LogP contribution is -2.40. The van der Waals surface area contributed by atoms with Gasteiger partial charge in [-0.15, -0.1) is 0 Å². The number of ether oxygens (including phenoxy) is 1. The third-order valence-corrected chi connectivity index (χ3v) is 7.01. The minimum absolute atomic E-state index is 0.436. The molecule has 2 aromatic heterocycles. The van der Waals surface area contributed by atoms with Crippen molar-refractivity contribution in [3.8, 4) is 0 Å². The molecule has 7 N–H and O–H groups in total. The number of fused-ring (bicyclic) bond motifs is 3. The van der Waals surface area contributed by atoms with Gasteiger partial charge in [0.05, 0.1) is 22.5 Å². The highest BCUT2D eigenvalue weighted by atomic mass is 35.5. The third kappa shape index (κ3) is 6.35. The zero-order valence-corrected chi connectivity index (χ0v) is 21.5. The number of unbranched alkanes of at least 4 members (excludes halogenated alkanes) is 1. The van der Waals surface area contributed by atoms with E-state index < -0.39 is 11.0 Å². The summed E-state index contributed by atoms with van der Waals surface area (Å²) in [6.45, 7) is 1.96. The fourth-order valence-electron chi connectivity index (χ4n) is 3.84. The van der Waals surface area contributed by atoms with Crippen LogP contribution in [0.25, 0.3) is 21.9 Å². The number of aliphatic hydroxyl groups is 1. The Morgan fingerprint density at radius 3 is 2.71 bits per heavy atom. The molecule has 0 bridgehead atoms. The lowest BCUT2D eigenvalue weighted by Gasteiger charge is -2.11. The first-order valence-corrected chi connectivity index (χ1v) is 12.8. The highest BCUT2D eigenvalue weighted by Crippen LogP contribution is 2.29. The number of anilines is 1. The van der Waals surface area contributed by atoms with Crippen molar-refractivity contribution in [2.24, 2.45) is 0 Å². The molecule has 0 radical (unpaired) electrons. The van der Waals surface area contributed by atoms with Gasteiger partial charge in [0, 0.05) is 45.2 Å². The number of aliphatic hydroxyl groups excluding tert-OH is 1. The van der Waals surface area contributed by atoms with E-state index >= 15 is 0 Å². The second kappa shape index (κ2) is 12.9. The molecule has 1 atom stereocenters. The largest absolute Gasteiger partial charge is 0.400 e. The monoisotopic (exact) mass is 519 g/mol. The number of quaternary nitrogens is 1. The van der Waals surface area contributed by atoms with Crippen LogP contribution in [0.5, 0.6) is 0 Å². The number of nitrogens with zero attached hydrogens (tertiary/aromatic N) is 3. The number of aromatic nitrogens is 3. The number of benzene rings is 2. The van der Waals surface area contributed by atoms with Crippen molar-refractivity contribution < 1.29 is 19.8 Å². The van der Waals surface area contributed by atoms with E-state index in [1.165, 1.54) is 0 Å². The van der Waals surface area contributed by atoms with Gasteiger partial charge in [-0.2, -0.15) is 0 Å². The summed E-state index contributed by atoms with van der Waals surface area (Å²) in [5.41, 5.74) is 13.4. The maximum atomic E-state index is 12.5. The molecule has 0 amide bonds. The van der Waals surface area contributed by atoms with E-state index in [-0.39, 0.29) is 0 Å². The second-order valence-electron chi connectivity index (χ2n) is 7.76. The SMILES string of the molecule is CO.COCCc1nc2c(N)nc3ccccc3c2n1CCCCNS(=O)c1ccc(Cl)c([NH3+])c1. The van der Waals surface area contributed by atoms with E-state index in [9.17, 15) is 4.21 Å². The first kappa shape index (κ1) is 27.0. The number of rotatable bonds is 10. The molecule has 11 heteroatoms. The molecule has 35 heavy (non-hydrogen) atoms. The zero-order valence-electron chi connectivity index (χ0n) is 20.0. The Labute approximate surface area is 212 Å². The summed E-state index contributed by atoms with van der Waals surface area (Å²) in [5, 5.41) is 8.60. The predicted molar refractivity (Wildman–Crippen MR) is 141 cm³/mol. The van der Waals surface area contributed by atoms with Gasteiger partial charge in [-0.25, -0.2) is 18.9 Å². The number of hydrogen-bond donors (Lipinski definition) is 4. The summed E-state index contributed by atoms with van der Waals surface area (Å²) in [5.74, 6) is 1.36. The maximum Gasteiger partial charge on any atom is 0.152 e. The van der Waals surface area contributed by atoms with Crippen molar-refractivity contribution in [3.63, 3.8) is 0 Å². The zero-order chi connectivity index (χ0) is 25.4. The number of pyridine rings is 1. The van der Waals surface area contributed by atoms with Crippen LogP contribution in [0.3, 0.4) is 0 Å². The van der Waals surface area contributed by atoms with Gasteiger partial charge in [-0.1, -0.05) is 29.8 Å². The summed E-state index contributed by atoms with van der Waals surface area (Å²) < 4.78 is 23.1. The number of aryl methyl sites for hydroxylation is 1. The molecule has 0 aliphatic rings. The fraction of sp³-hybridized carbons (Fsp3) is 0.333. The minimum atomic E-state index is -1.30. The van der Waals surface area contributed by atoms with Crippen LogP contribution < -0.4 is 16.2 Å². The maximum absolute atomic E-state index is 12.5. The fourth-order valence-corrected chi connectivity index (χ4v) is 4.89. The van der Waals surface area contributed by atoms with Gasteiger partial charge >= 0.3 is 0 Å². The number of nitrogen functional groups attached to an aromatic ring is 1. The Bertz CT molecular complexity index is 1310. The summed E-state index contributed by atoms with van der Waals surface area (Å²) in [4.78, 5) is 9.99. The van der Waals surface area contributed by atoms with E-state index in [2.05, 4.69) is 26.1 Å². The van der Waals surface area contributed by atoms with Crippen molar-refractivity contribution in [1.82, 2.24) is 19.3 Å². The molecule has 0 aliphatic carbocycles. The Morgan fingerprint density at radius 1 is 1.20 bits per heavy atom. The van der Waals surface area contributed by atoms with Gasteiger partial charge in [-0.05, 0) is 31.0 Å². The molecule has 9 nitrogen and oxygen atoms in total. The van der Waals surface area contributed by atoms with Gasteiger partial charge in [0.25, 0.3) is 0 Å². The van der Waals surface area contributed by atoms with Gasteiger partial charge in [0.1, 0.15) is 33.0 Å². The van der Waals surface area contributed by atoms with Crippen LogP contribution in [0, 0.1) is 0 Å². The molecule has 0 saturated heterocycles. The average molecular weight is 520 g/mol. The van der Waals surface area contributed by atoms with E-state index in [0.29, 0.717) is 41.0 Å². The number of nitrogens with one attached hydrogen (secondary N) is 1. The molecule has 0 saturated carbocycles. The van der Waals surface area contributed by atoms with Crippen LogP contribution in [0.2, 0.25) is 5.02 Å². The highest BCUT2D eigenvalue weighted by Gasteiger charge is 2.17. The first-order valence-electron chi connectivity index (χ1n) is 11.2. The summed E-state index contributed by atoms with van der Waals surface area (Å²) >= 11 is 6.00. The lowest BCUT2D eigenvalue weighted by molar-refractivity contribution is -0.254. The van der Waals surface area contributed by atoms with Gasteiger partial charge in [0.2, 0.25) is 0 Å². The molecule has 1 unspecified atom stereocenters. The van der Waals surface area contributed by atoms with E-state index in [4.69, 9.17) is 32.2 Å². The van der Waals surface area contributed by atoms with Crippen molar-refractivity contribution in [2.45, 2.75) is 30.7 Å². The quantitative estimate of drug-likeness (QED) is 0.237. The molecule has 2 heterocycles. The van der Waals surface area contributed by atoms with Gasteiger partial charge in [0.15, 0.2) is 5.82 Å². The molecule has 0 spiro atoms. The summed E-state index contributed by atoms with van der Waals surface area (Å²) in [7, 11) is 1.38.